The van der Waals surface area contributed by atoms with Gasteiger partial charge in [-0.1, -0.05) is 0 Å². The molecule has 2 rings (SSSR count). The van der Waals surface area contributed by atoms with Crippen molar-refractivity contribution in [2.24, 2.45) is 7.05 Å². The predicted octanol–water partition coefficient (Wildman–Crippen LogP) is 0.656. The lowest BCUT2D eigenvalue weighted by Crippen LogP contribution is -2.51. The highest BCUT2D eigenvalue weighted by molar-refractivity contribution is 5.10. The number of nitrogens with one attached hydrogen (secondary N) is 1. The van der Waals surface area contributed by atoms with Crippen molar-refractivity contribution in [1.82, 2.24) is 9.88 Å². The summed E-state index contributed by atoms with van der Waals surface area (Å²) in [6, 6.07) is 2.09. The molecule has 0 aliphatic carbocycles. The maximum absolute atomic E-state index is 9.50. The molecule has 1 aliphatic heterocycles. The maximum Gasteiger partial charge on any atom is 0.0615 e. The minimum Gasteiger partial charge on any atom is -0.394 e. The number of rotatable bonds is 4. The van der Waals surface area contributed by atoms with Gasteiger partial charge in [-0.25, -0.2) is 0 Å². The summed E-state index contributed by atoms with van der Waals surface area (Å²) in [6.45, 7) is 2.47. The lowest BCUT2D eigenvalue weighted by molar-refractivity contribution is 0.0112. The van der Waals surface area contributed by atoms with Gasteiger partial charge in [0.25, 0.3) is 0 Å². The van der Waals surface area contributed by atoms with Gasteiger partial charge in [-0.3, -0.25) is 0 Å². The maximum atomic E-state index is 9.50. The van der Waals surface area contributed by atoms with Gasteiger partial charge in [0.1, 0.15) is 0 Å². The summed E-state index contributed by atoms with van der Waals surface area (Å²) >= 11 is 0. The molecule has 0 bridgehead atoms. The van der Waals surface area contributed by atoms with Crippen LogP contribution in [0.15, 0.2) is 18.5 Å². The molecule has 0 saturated carbocycles. The first-order valence-corrected chi connectivity index (χ1v) is 5.79. The van der Waals surface area contributed by atoms with E-state index >= 15 is 0 Å². The van der Waals surface area contributed by atoms with Crippen LogP contribution in [0.4, 0.5) is 0 Å². The number of nitrogens with zero attached hydrogens (tertiary/aromatic N) is 1. The van der Waals surface area contributed by atoms with Gasteiger partial charge in [0, 0.05) is 44.7 Å². The van der Waals surface area contributed by atoms with Gasteiger partial charge in [-0.05, 0) is 24.5 Å². The van der Waals surface area contributed by atoms with E-state index < -0.39 is 0 Å². The Morgan fingerprint density at radius 3 is 2.81 bits per heavy atom. The summed E-state index contributed by atoms with van der Waals surface area (Å²) < 4.78 is 7.36. The van der Waals surface area contributed by atoms with E-state index in [9.17, 15) is 5.11 Å². The number of hydrogen-bond donors (Lipinski definition) is 2. The van der Waals surface area contributed by atoms with Crippen molar-refractivity contribution < 1.29 is 9.84 Å². The molecule has 16 heavy (non-hydrogen) atoms. The lowest BCUT2D eigenvalue weighted by Gasteiger charge is -2.36. The van der Waals surface area contributed by atoms with Crippen molar-refractivity contribution in [3.05, 3.63) is 24.0 Å². The first-order valence-electron chi connectivity index (χ1n) is 5.79. The van der Waals surface area contributed by atoms with Crippen LogP contribution < -0.4 is 5.32 Å². The van der Waals surface area contributed by atoms with E-state index in [4.69, 9.17) is 4.74 Å². The van der Waals surface area contributed by atoms with Gasteiger partial charge in [0.15, 0.2) is 0 Å². The van der Waals surface area contributed by atoms with E-state index in [0.717, 1.165) is 32.6 Å². The van der Waals surface area contributed by atoms with Gasteiger partial charge in [-0.2, -0.15) is 0 Å². The van der Waals surface area contributed by atoms with Crippen LogP contribution in [-0.2, 0) is 18.3 Å². The van der Waals surface area contributed by atoms with Crippen LogP contribution in [-0.4, -0.2) is 35.0 Å². The van der Waals surface area contributed by atoms with Crippen LogP contribution in [0.25, 0.3) is 0 Å². The minimum atomic E-state index is -0.145. The zero-order valence-electron chi connectivity index (χ0n) is 9.78. The van der Waals surface area contributed by atoms with Crippen LogP contribution >= 0.6 is 0 Å². The average molecular weight is 224 g/mol. The average Bonchev–Trinajstić information content (AvgIpc) is 2.74. The lowest BCUT2D eigenvalue weighted by atomic mass is 9.91. The summed E-state index contributed by atoms with van der Waals surface area (Å²) in [5, 5.41) is 13.0. The Bertz CT molecular complexity index is 330. The van der Waals surface area contributed by atoms with Crippen LogP contribution in [0.1, 0.15) is 18.4 Å². The second-order valence-corrected chi connectivity index (χ2v) is 4.59. The Morgan fingerprint density at radius 2 is 2.25 bits per heavy atom. The van der Waals surface area contributed by atoms with Crippen molar-refractivity contribution in [1.29, 1.82) is 0 Å². The Morgan fingerprint density at radius 1 is 1.50 bits per heavy atom. The van der Waals surface area contributed by atoms with Crippen molar-refractivity contribution in [3.63, 3.8) is 0 Å². The zero-order chi connectivity index (χ0) is 11.4. The summed E-state index contributed by atoms with van der Waals surface area (Å²) in [5.74, 6) is 0. The Hall–Kier alpha value is -0.840. The minimum absolute atomic E-state index is 0.145. The third kappa shape index (κ3) is 2.64. The number of aryl methyl sites for hydroxylation is 1. The standard InChI is InChI=1S/C12H20N2O2/c1-14-5-2-11(9-14)8-13-12(10-15)3-6-16-7-4-12/h2,5,9,13,15H,3-4,6-8,10H2,1H3. The van der Waals surface area contributed by atoms with Crippen LogP contribution in [0.2, 0.25) is 0 Å². The normalized spacial score (nSPS) is 19.9. The molecule has 1 aliphatic rings. The number of aliphatic hydroxyl groups excluding tert-OH is 1. The van der Waals surface area contributed by atoms with E-state index in [1.807, 2.05) is 17.8 Å². The van der Waals surface area contributed by atoms with E-state index in [0.29, 0.717) is 0 Å². The van der Waals surface area contributed by atoms with Crippen molar-refractivity contribution >= 4 is 0 Å². The molecule has 4 nitrogen and oxygen atoms in total. The molecule has 0 aromatic carbocycles. The molecule has 1 saturated heterocycles. The summed E-state index contributed by atoms with van der Waals surface area (Å²) in [4.78, 5) is 0. The molecule has 0 amide bonds. The van der Waals surface area contributed by atoms with E-state index in [2.05, 4.69) is 17.6 Å². The Balaban J connectivity index is 1.91. The van der Waals surface area contributed by atoms with E-state index in [1.54, 1.807) is 0 Å². The van der Waals surface area contributed by atoms with Crippen LogP contribution in [0.3, 0.4) is 0 Å². The first-order chi connectivity index (χ1) is 7.74. The molecule has 4 heteroatoms. The predicted molar refractivity (Wildman–Crippen MR) is 62.1 cm³/mol. The highest BCUT2D eigenvalue weighted by Crippen LogP contribution is 2.20. The zero-order valence-corrected chi connectivity index (χ0v) is 9.78. The molecular formula is C12H20N2O2. The third-order valence-corrected chi connectivity index (χ3v) is 3.31. The smallest absolute Gasteiger partial charge is 0.0615 e. The largest absolute Gasteiger partial charge is 0.394 e. The summed E-state index contributed by atoms with van der Waals surface area (Å²) in [6.07, 6.45) is 5.90. The molecule has 2 N–H and O–H groups in total. The number of aliphatic hydroxyl groups is 1. The fourth-order valence-corrected chi connectivity index (χ4v) is 2.11. The third-order valence-electron chi connectivity index (χ3n) is 3.31. The molecule has 90 valence electrons. The van der Waals surface area contributed by atoms with Crippen molar-refractivity contribution in [2.75, 3.05) is 19.8 Å². The molecule has 0 unspecified atom stereocenters. The van der Waals surface area contributed by atoms with Crippen LogP contribution in [0.5, 0.6) is 0 Å². The Labute approximate surface area is 96.2 Å². The number of aromatic nitrogens is 1. The quantitative estimate of drug-likeness (QED) is 0.789. The summed E-state index contributed by atoms with van der Waals surface area (Å²) in [5.41, 5.74) is 1.11. The monoisotopic (exact) mass is 224 g/mol. The van der Waals surface area contributed by atoms with Crippen LogP contribution in [0, 0.1) is 0 Å². The van der Waals surface area contributed by atoms with Gasteiger partial charge in [0.05, 0.1) is 6.61 Å². The Kier molecular flexibility index (Phi) is 3.63. The van der Waals surface area contributed by atoms with E-state index in [1.165, 1.54) is 5.56 Å². The topological polar surface area (TPSA) is 46.4 Å². The molecule has 0 spiro atoms. The molecule has 1 aromatic rings. The molecule has 1 aromatic heterocycles. The van der Waals surface area contributed by atoms with Gasteiger partial charge < -0.3 is 19.7 Å². The van der Waals surface area contributed by atoms with E-state index in [-0.39, 0.29) is 12.1 Å². The SMILES string of the molecule is Cn1ccc(CNC2(CO)CCOCC2)c1. The molecule has 0 atom stereocenters. The fraction of sp³-hybridized carbons (Fsp3) is 0.667. The second-order valence-electron chi connectivity index (χ2n) is 4.59. The molecule has 2 heterocycles. The first kappa shape index (κ1) is 11.6. The van der Waals surface area contributed by atoms with Gasteiger partial charge in [0.2, 0.25) is 0 Å². The molecule has 1 fully saturated rings. The second kappa shape index (κ2) is 4.99. The van der Waals surface area contributed by atoms with Gasteiger partial charge in [-0.15, -0.1) is 0 Å². The van der Waals surface area contributed by atoms with Crippen molar-refractivity contribution in [2.45, 2.75) is 24.9 Å². The number of ether oxygens (including phenoxy) is 1. The van der Waals surface area contributed by atoms with Gasteiger partial charge >= 0.3 is 0 Å². The highest BCUT2D eigenvalue weighted by Gasteiger charge is 2.31. The van der Waals surface area contributed by atoms with Crippen molar-refractivity contribution in [3.8, 4) is 0 Å². The molecule has 0 radical (unpaired) electrons. The highest BCUT2D eigenvalue weighted by atomic mass is 16.5. The molecular weight excluding hydrogens is 204 g/mol. The summed E-state index contributed by atoms with van der Waals surface area (Å²) in [7, 11) is 2.01. The fourth-order valence-electron chi connectivity index (χ4n) is 2.11. The number of hydrogen-bond acceptors (Lipinski definition) is 3.